The van der Waals surface area contributed by atoms with Crippen molar-refractivity contribution in [3.8, 4) is 11.5 Å². The molecule has 1 saturated carbocycles. The van der Waals surface area contributed by atoms with Crippen LogP contribution in [0.3, 0.4) is 0 Å². The molecule has 0 spiro atoms. The summed E-state index contributed by atoms with van der Waals surface area (Å²) in [6.45, 7) is 7.58. The Bertz CT molecular complexity index is 1190. The summed E-state index contributed by atoms with van der Waals surface area (Å²) in [6.07, 6.45) is -1.67. The molecule has 11 heteroatoms. The third kappa shape index (κ3) is 6.73. The van der Waals surface area contributed by atoms with E-state index in [2.05, 4.69) is 20.6 Å². The lowest BCUT2D eigenvalue weighted by atomic mass is 9.90. The Morgan fingerprint density at radius 1 is 0.947 bits per heavy atom. The lowest BCUT2D eigenvalue weighted by Crippen LogP contribution is -2.52. The van der Waals surface area contributed by atoms with Crippen molar-refractivity contribution in [2.45, 2.75) is 68.8 Å². The predicted molar refractivity (Wildman–Crippen MR) is 140 cm³/mol. The quantitative estimate of drug-likeness (QED) is 0.499. The summed E-state index contributed by atoms with van der Waals surface area (Å²) in [4.78, 5) is 4.31. The first kappa shape index (κ1) is 28.5. The van der Waals surface area contributed by atoms with E-state index in [1.54, 1.807) is 0 Å². The first-order valence-electron chi connectivity index (χ1n) is 13.0. The minimum absolute atomic E-state index is 0.0970. The molecule has 1 N–H and O–H groups in total. The van der Waals surface area contributed by atoms with Crippen LogP contribution < -0.4 is 19.1 Å². The topological polar surface area (TPSA) is 71.1 Å². The number of alkyl halides is 3. The molecule has 7 nitrogen and oxygen atoms in total. The maximum absolute atomic E-state index is 13.2. The zero-order chi connectivity index (χ0) is 27.5. The summed E-state index contributed by atoms with van der Waals surface area (Å²) >= 11 is 0. The van der Waals surface area contributed by atoms with Crippen LogP contribution in [0.15, 0.2) is 47.4 Å². The monoisotopic (exact) mass is 555 g/mol. The summed E-state index contributed by atoms with van der Waals surface area (Å²) < 4.78 is 79.3. The maximum Gasteiger partial charge on any atom is 0.416 e. The number of para-hydroxylation sites is 2. The molecule has 38 heavy (non-hydrogen) atoms. The van der Waals surface area contributed by atoms with E-state index in [9.17, 15) is 21.6 Å². The van der Waals surface area contributed by atoms with Crippen LogP contribution in [0.5, 0.6) is 11.5 Å². The van der Waals surface area contributed by atoms with Crippen LogP contribution in [0.1, 0.15) is 45.1 Å². The number of piperazine rings is 1. The average molecular weight is 556 g/mol. The Balaban J connectivity index is 1.33. The van der Waals surface area contributed by atoms with E-state index < -0.39 is 26.7 Å². The number of sulfonamides is 1. The highest BCUT2D eigenvalue weighted by molar-refractivity contribution is 7.89. The number of ether oxygens (including phenoxy) is 2. The second kappa shape index (κ2) is 11.7. The predicted octanol–water partition coefficient (Wildman–Crippen LogP) is 4.91. The van der Waals surface area contributed by atoms with Crippen LogP contribution in [0.4, 0.5) is 18.9 Å². The Hall–Kier alpha value is -2.50. The normalized spacial score (nSPS) is 21.5. The van der Waals surface area contributed by atoms with Gasteiger partial charge in [-0.25, -0.2) is 13.1 Å². The molecule has 0 amide bonds. The van der Waals surface area contributed by atoms with Gasteiger partial charge in [-0.05, 0) is 69.9 Å². The number of anilines is 1. The zero-order valence-electron chi connectivity index (χ0n) is 22.0. The van der Waals surface area contributed by atoms with Crippen molar-refractivity contribution >= 4 is 15.7 Å². The minimum atomic E-state index is -4.65. The highest BCUT2D eigenvalue weighted by atomic mass is 32.2. The molecule has 2 aromatic rings. The molecule has 1 aliphatic carbocycles. The van der Waals surface area contributed by atoms with Gasteiger partial charge in [-0.1, -0.05) is 12.1 Å². The Labute approximate surface area is 223 Å². The van der Waals surface area contributed by atoms with Gasteiger partial charge in [0.25, 0.3) is 0 Å². The molecule has 1 saturated heterocycles. The third-order valence-electron chi connectivity index (χ3n) is 7.20. The fraction of sp³-hybridized carbons (Fsp3) is 0.556. The van der Waals surface area contributed by atoms with E-state index in [1.165, 1.54) is 7.11 Å². The van der Waals surface area contributed by atoms with Gasteiger partial charge < -0.3 is 14.4 Å². The Morgan fingerprint density at radius 3 is 2.21 bits per heavy atom. The molecule has 0 aromatic heterocycles. The lowest BCUT2D eigenvalue weighted by Gasteiger charge is -2.43. The van der Waals surface area contributed by atoms with Gasteiger partial charge in [0.2, 0.25) is 10.0 Å². The maximum atomic E-state index is 13.2. The SMILES string of the molecule is COc1ccc(C(F)(F)F)cc1S(=O)(=O)NC1CCC(N2CCN(c3ccccc3OC(C)C)CC2)CC1. The highest BCUT2D eigenvalue weighted by Gasteiger charge is 2.35. The fourth-order valence-electron chi connectivity index (χ4n) is 5.30. The van der Waals surface area contributed by atoms with Crippen LogP contribution in [0.2, 0.25) is 0 Å². The standard InChI is InChI=1S/C27H36F3N3O4S/c1-19(2)37-24-7-5-4-6-23(24)33-16-14-32(15-17-33)22-11-9-21(10-12-22)31-38(34,35)26-18-20(27(28,29)30)8-13-25(26)36-3/h4-8,13,18-19,21-22,31H,9-12,14-17H2,1-3H3. The van der Waals surface area contributed by atoms with Gasteiger partial charge in [-0.2, -0.15) is 13.2 Å². The molecular formula is C27H36F3N3O4S. The Morgan fingerprint density at radius 2 is 1.61 bits per heavy atom. The van der Waals surface area contributed by atoms with E-state index >= 15 is 0 Å². The van der Waals surface area contributed by atoms with E-state index in [0.717, 1.165) is 62.6 Å². The van der Waals surface area contributed by atoms with Crippen molar-refractivity contribution in [2.75, 3.05) is 38.2 Å². The van der Waals surface area contributed by atoms with Crippen LogP contribution in [-0.2, 0) is 16.2 Å². The molecule has 2 aliphatic rings. The van der Waals surface area contributed by atoms with Gasteiger partial charge in [0.15, 0.2) is 0 Å². The molecule has 2 aromatic carbocycles. The number of benzene rings is 2. The molecular weight excluding hydrogens is 519 g/mol. The molecule has 0 unspecified atom stereocenters. The van der Waals surface area contributed by atoms with Crippen LogP contribution in [0.25, 0.3) is 0 Å². The second-order valence-electron chi connectivity index (χ2n) is 10.1. The number of methoxy groups -OCH3 is 1. The van der Waals surface area contributed by atoms with Crippen molar-refractivity contribution in [1.29, 1.82) is 0 Å². The average Bonchev–Trinajstić information content (AvgIpc) is 2.88. The number of rotatable bonds is 8. The number of halogens is 3. The minimum Gasteiger partial charge on any atom is -0.495 e. The van der Waals surface area contributed by atoms with Gasteiger partial charge in [-0.15, -0.1) is 0 Å². The van der Waals surface area contributed by atoms with Crippen LogP contribution >= 0.6 is 0 Å². The van der Waals surface area contributed by atoms with E-state index in [4.69, 9.17) is 9.47 Å². The van der Waals surface area contributed by atoms with Crippen molar-refractivity contribution in [2.24, 2.45) is 0 Å². The first-order valence-corrected chi connectivity index (χ1v) is 14.5. The van der Waals surface area contributed by atoms with E-state index in [0.29, 0.717) is 24.9 Å². The highest BCUT2D eigenvalue weighted by Crippen LogP contribution is 2.35. The molecule has 0 radical (unpaired) electrons. The van der Waals surface area contributed by atoms with Gasteiger partial charge >= 0.3 is 6.18 Å². The van der Waals surface area contributed by atoms with Gasteiger partial charge in [-0.3, -0.25) is 4.90 Å². The molecule has 1 heterocycles. The lowest BCUT2D eigenvalue weighted by molar-refractivity contribution is -0.137. The van der Waals surface area contributed by atoms with Crippen molar-refractivity contribution in [3.63, 3.8) is 0 Å². The molecule has 210 valence electrons. The first-order chi connectivity index (χ1) is 18.0. The molecule has 0 bridgehead atoms. The zero-order valence-corrected chi connectivity index (χ0v) is 22.8. The Kier molecular flexibility index (Phi) is 8.78. The van der Waals surface area contributed by atoms with Gasteiger partial charge in [0.05, 0.1) is 24.5 Å². The number of nitrogens with one attached hydrogen (secondary N) is 1. The van der Waals surface area contributed by atoms with Crippen LogP contribution in [0, 0.1) is 0 Å². The van der Waals surface area contributed by atoms with Gasteiger partial charge in [0.1, 0.15) is 16.4 Å². The summed E-state index contributed by atoms with van der Waals surface area (Å²) in [5.74, 6) is 0.776. The summed E-state index contributed by atoms with van der Waals surface area (Å²) in [7, 11) is -2.95. The van der Waals surface area contributed by atoms with Crippen molar-refractivity contribution in [1.82, 2.24) is 9.62 Å². The number of hydrogen-bond donors (Lipinski definition) is 1. The van der Waals surface area contributed by atoms with Crippen molar-refractivity contribution in [3.05, 3.63) is 48.0 Å². The molecule has 0 atom stereocenters. The molecule has 1 aliphatic heterocycles. The number of nitrogens with zero attached hydrogens (tertiary/aromatic N) is 2. The van der Waals surface area contributed by atoms with Crippen LogP contribution in [-0.4, -0.2) is 64.8 Å². The van der Waals surface area contributed by atoms with E-state index in [1.807, 2.05) is 32.0 Å². The summed E-state index contributed by atoms with van der Waals surface area (Å²) in [5.41, 5.74) is 0.0731. The van der Waals surface area contributed by atoms with E-state index in [-0.39, 0.29) is 17.9 Å². The summed E-state index contributed by atoms with van der Waals surface area (Å²) in [6, 6.07) is 10.6. The third-order valence-corrected chi connectivity index (χ3v) is 8.74. The largest absolute Gasteiger partial charge is 0.495 e. The fourth-order valence-corrected chi connectivity index (χ4v) is 6.80. The van der Waals surface area contributed by atoms with Gasteiger partial charge in [0, 0.05) is 38.3 Å². The smallest absolute Gasteiger partial charge is 0.416 e. The summed E-state index contributed by atoms with van der Waals surface area (Å²) in [5, 5.41) is 0. The van der Waals surface area contributed by atoms with Crippen molar-refractivity contribution < 1.29 is 31.1 Å². The second-order valence-corrected chi connectivity index (χ2v) is 11.8. The number of hydrogen-bond acceptors (Lipinski definition) is 6. The molecule has 4 rings (SSSR count). The molecule has 2 fully saturated rings.